The number of nitrogens with zero attached hydrogens (tertiary/aromatic N) is 1. The molecule has 1 N–H and O–H groups in total. The van der Waals surface area contributed by atoms with Crippen LogP contribution in [0.15, 0.2) is 0 Å². The van der Waals surface area contributed by atoms with Crippen molar-refractivity contribution in [2.75, 3.05) is 32.8 Å². The summed E-state index contributed by atoms with van der Waals surface area (Å²) in [6.45, 7) is 16.4. The van der Waals surface area contributed by atoms with Crippen molar-refractivity contribution in [3.63, 3.8) is 0 Å². The topological polar surface area (TPSA) is 24.5 Å². The van der Waals surface area contributed by atoms with Crippen LogP contribution in [0.1, 0.15) is 47.5 Å². The number of piperidine rings is 1. The molecule has 108 valence electrons. The molecule has 1 aliphatic heterocycles. The zero-order valence-electron chi connectivity index (χ0n) is 13.0. The Morgan fingerprint density at radius 2 is 2.06 bits per heavy atom. The van der Waals surface area contributed by atoms with Gasteiger partial charge in [0.2, 0.25) is 0 Å². The first kappa shape index (κ1) is 15.9. The fourth-order valence-corrected chi connectivity index (χ4v) is 2.44. The molecule has 0 saturated carbocycles. The molecule has 0 radical (unpaired) electrons. The van der Waals surface area contributed by atoms with Gasteiger partial charge in [-0.2, -0.15) is 0 Å². The average molecular weight is 256 g/mol. The van der Waals surface area contributed by atoms with E-state index in [0.717, 1.165) is 19.1 Å². The maximum absolute atomic E-state index is 5.84. The summed E-state index contributed by atoms with van der Waals surface area (Å²) in [5.74, 6) is 0.816. The SMILES string of the molecule is CC(C)N(CCOC(C)(C)C)CC1CCCNC1. The lowest BCUT2D eigenvalue weighted by molar-refractivity contribution is -0.0182. The van der Waals surface area contributed by atoms with Gasteiger partial charge in [0.15, 0.2) is 0 Å². The molecule has 0 aromatic rings. The van der Waals surface area contributed by atoms with Gasteiger partial charge in [0.25, 0.3) is 0 Å². The molecule has 1 aliphatic rings. The van der Waals surface area contributed by atoms with Gasteiger partial charge in [0, 0.05) is 19.1 Å². The lowest BCUT2D eigenvalue weighted by Gasteiger charge is -2.33. The van der Waals surface area contributed by atoms with Gasteiger partial charge < -0.3 is 10.1 Å². The Hall–Kier alpha value is -0.120. The predicted molar refractivity (Wildman–Crippen MR) is 78.0 cm³/mol. The highest BCUT2D eigenvalue weighted by Gasteiger charge is 2.19. The van der Waals surface area contributed by atoms with Gasteiger partial charge >= 0.3 is 0 Å². The molecule has 0 spiro atoms. The number of ether oxygens (including phenoxy) is 1. The van der Waals surface area contributed by atoms with E-state index in [1.807, 2.05) is 0 Å². The lowest BCUT2D eigenvalue weighted by atomic mass is 9.98. The van der Waals surface area contributed by atoms with Gasteiger partial charge in [0.1, 0.15) is 0 Å². The third-order valence-electron chi connectivity index (χ3n) is 3.54. The normalized spacial score (nSPS) is 21.8. The van der Waals surface area contributed by atoms with Crippen LogP contribution in [0.3, 0.4) is 0 Å². The standard InChI is InChI=1S/C15H32N2O/c1-13(2)17(9-10-18-15(3,4)5)12-14-7-6-8-16-11-14/h13-14,16H,6-12H2,1-5H3. The molecule has 0 aliphatic carbocycles. The smallest absolute Gasteiger partial charge is 0.0600 e. The molecule has 1 unspecified atom stereocenters. The summed E-state index contributed by atoms with van der Waals surface area (Å²) in [6.07, 6.45) is 2.70. The van der Waals surface area contributed by atoms with Crippen molar-refractivity contribution >= 4 is 0 Å². The van der Waals surface area contributed by atoms with Crippen LogP contribution in [0.25, 0.3) is 0 Å². The van der Waals surface area contributed by atoms with Crippen LogP contribution >= 0.6 is 0 Å². The van der Waals surface area contributed by atoms with E-state index in [1.54, 1.807) is 0 Å². The van der Waals surface area contributed by atoms with Gasteiger partial charge in [-0.25, -0.2) is 0 Å². The van der Waals surface area contributed by atoms with Crippen molar-refractivity contribution in [3.8, 4) is 0 Å². The molecule has 18 heavy (non-hydrogen) atoms. The molecule has 3 nitrogen and oxygen atoms in total. The van der Waals surface area contributed by atoms with Gasteiger partial charge in [-0.05, 0) is 66.5 Å². The Morgan fingerprint density at radius 3 is 2.56 bits per heavy atom. The maximum atomic E-state index is 5.84. The van der Waals surface area contributed by atoms with E-state index in [9.17, 15) is 0 Å². The zero-order valence-corrected chi connectivity index (χ0v) is 13.0. The quantitative estimate of drug-likeness (QED) is 0.790. The second-order valence-electron chi connectivity index (χ2n) is 6.76. The van der Waals surface area contributed by atoms with Crippen LogP contribution in [-0.2, 0) is 4.74 Å². The molecule has 1 atom stereocenters. The monoisotopic (exact) mass is 256 g/mol. The highest BCUT2D eigenvalue weighted by atomic mass is 16.5. The minimum absolute atomic E-state index is 0.0188. The van der Waals surface area contributed by atoms with E-state index in [2.05, 4.69) is 44.8 Å². The molecule has 0 amide bonds. The molecule has 1 saturated heterocycles. The summed E-state index contributed by atoms with van der Waals surface area (Å²) in [5, 5.41) is 3.50. The van der Waals surface area contributed by atoms with E-state index in [0.29, 0.717) is 6.04 Å². The molecule has 0 aromatic carbocycles. The highest BCUT2D eigenvalue weighted by Crippen LogP contribution is 2.14. The van der Waals surface area contributed by atoms with Crippen molar-refractivity contribution in [1.82, 2.24) is 10.2 Å². The van der Waals surface area contributed by atoms with Crippen LogP contribution in [0, 0.1) is 5.92 Å². The van der Waals surface area contributed by atoms with Crippen molar-refractivity contribution in [2.24, 2.45) is 5.92 Å². The van der Waals surface area contributed by atoms with E-state index in [4.69, 9.17) is 4.74 Å². The van der Waals surface area contributed by atoms with Gasteiger partial charge in [-0.1, -0.05) is 0 Å². The second-order valence-corrected chi connectivity index (χ2v) is 6.76. The molecule has 0 bridgehead atoms. The zero-order chi connectivity index (χ0) is 13.6. The largest absolute Gasteiger partial charge is 0.375 e. The van der Waals surface area contributed by atoms with Crippen molar-refractivity contribution in [2.45, 2.75) is 59.1 Å². The summed E-state index contributed by atoms with van der Waals surface area (Å²) in [6, 6.07) is 0.607. The molecule has 3 heteroatoms. The third-order valence-corrected chi connectivity index (χ3v) is 3.54. The summed E-state index contributed by atoms with van der Waals surface area (Å²) in [4.78, 5) is 2.56. The van der Waals surface area contributed by atoms with Gasteiger partial charge in [0.05, 0.1) is 12.2 Å². The van der Waals surface area contributed by atoms with E-state index in [1.165, 1.54) is 32.5 Å². The lowest BCUT2D eigenvalue weighted by Crippen LogP contribution is -2.43. The Morgan fingerprint density at radius 1 is 1.33 bits per heavy atom. The fraction of sp³-hybridized carbons (Fsp3) is 1.00. The van der Waals surface area contributed by atoms with Crippen LogP contribution < -0.4 is 5.32 Å². The van der Waals surface area contributed by atoms with E-state index in [-0.39, 0.29) is 5.60 Å². The maximum Gasteiger partial charge on any atom is 0.0600 e. The van der Waals surface area contributed by atoms with Crippen LogP contribution in [0.5, 0.6) is 0 Å². The number of hydrogen-bond acceptors (Lipinski definition) is 3. The van der Waals surface area contributed by atoms with Crippen LogP contribution in [0.4, 0.5) is 0 Å². The minimum atomic E-state index is -0.0188. The first-order chi connectivity index (χ1) is 8.38. The minimum Gasteiger partial charge on any atom is -0.375 e. The molecular formula is C15H32N2O. The van der Waals surface area contributed by atoms with E-state index < -0.39 is 0 Å². The number of hydrogen-bond donors (Lipinski definition) is 1. The molecule has 1 heterocycles. The number of nitrogens with one attached hydrogen (secondary N) is 1. The predicted octanol–water partition coefficient (Wildman–Crippen LogP) is 2.51. The Labute approximate surface area is 113 Å². The fourth-order valence-electron chi connectivity index (χ4n) is 2.44. The highest BCUT2D eigenvalue weighted by molar-refractivity contribution is 4.75. The summed E-state index contributed by atoms with van der Waals surface area (Å²) in [7, 11) is 0. The van der Waals surface area contributed by atoms with Crippen molar-refractivity contribution in [1.29, 1.82) is 0 Å². The Kier molecular flexibility index (Phi) is 6.61. The third kappa shape index (κ3) is 6.72. The number of rotatable bonds is 6. The van der Waals surface area contributed by atoms with Crippen molar-refractivity contribution < 1.29 is 4.74 Å². The summed E-state index contributed by atoms with van der Waals surface area (Å²) >= 11 is 0. The van der Waals surface area contributed by atoms with Crippen LogP contribution in [0.2, 0.25) is 0 Å². The summed E-state index contributed by atoms with van der Waals surface area (Å²) < 4.78 is 5.84. The first-order valence-electron chi connectivity index (χ1n) is 7.47. The molecule has 0 aromatic heterocycles. The first-order valence-corrected chi connectivity index (χ1v) is 7.47. The Balaban J connectivity index is 2.30. The average Bonchev–Trinajstić information content (AvgIpc) is 2.27. The van der Waals surface area contributed by atoms with Crippen molar-refractivity contribution in [3.05, 3.63) is 0 Å². The summed E-state index contributed by atoms with van der Waals surface area (Å²) in [5.41, 5.74) is -0.0188. The van der Waals surface area contributed by atoms with E-state index >= 15 is 0 Å². The molecule has 1 rings (SSSR count). The van der Waals surface area contributed by atoms with Gasteiger partial charge in [-0.3, -0.25) is 4.90 Å². The second kappa shape index (κ2) is 7.46. The molecule has 1 fully saturated rings. The molecular weight excluding hydrogens is 224 g/mol. The van der Waals surface area contributed by atoms with Crippen LogP contribution in [-0.4, -0.2) is 49.3 Å². The Bertz CT molecular complexity index is 217. The van der Waals surface area contributed by atoms with Gasteiger partial charge in [-0.15, -0.1) is 0 Å².